The monoisotopic (exact) mass is 338 g/mol. The summed E-state index contributed by atoms with van der Waals surface area (Å²) in [5, 5.41) is 20.7. The van der Waals surface area contributed by atoms with Crippen LogP contribution < -0.4 is 0 Å². The number of nitrogens with zero attached hydrogens (tertiary/aromatic N) is 4. The lowest BCUT2D eigenvalue weighted by atomic mass is 9.94. The second-order valence-electron chi connectivity index (χ2n) is 5.31. The molecule has 0 radical (unpaired) electrons. The number of benzene rings is 1. The van der Waals surface area contributed by atoms with Crippen LogP contribution in [0.1, 0.15) is 19.4 Å². The normalized spacial score (nSPS) is 11.6. The third-order valence-corrected chi connectivity index (χ3v) is 3.94. The van der Waals surface area contributed by atoms with Gasteiger partial charge in [0, 0.05) is 10.0 Å². The minimum absolute atomic E-state index is 0.205. The Morgan fingerprint density at radius 3 is 2.75 bits per heavy atom. The molecule has 1 aromatic carbocycles. The number of rotatable bonds is 4. The molecule has 1 N–H and O–H groups in total. The number of tetrazole rings is 1. The van der Waals surface area contributed by atoms with E-state index in [9.17, 15) is 9.90 Å². The van der Waals surface area contributed by atoms with Crippen molar-refractivity contribution in [2.24, 2.45) is 5.41 Å². The Labute approximate surface area is 124 Å². The second kappa shape index (κ2) is 5.32. The van der Waals surface area contributed by atoms with Crippen LogP contribution in [0.4, 0.5) is 0 Å². The molecular weight excluding hydrogens is 324 g/mol. The molecule has 0 amide bonds. The van der Waals surface area contributed by atoms with Crippen molar-refractivity contribution in [3.8, 4) is 11.4 Å². The van der Waals surface area contributed by atoms with Crippen molar-refractivity contribution >= 4 is 21.9 Å². The lowest BCUT2D eigenvalue weighted by Gasteiger charge is -2.19. The number of aliphatic carboxylic acids is 1. The van der Waals surface area contributed by atoms with Crippen molar-refractivity contribution in [1.29, 1.82) is 0 Å². The van der Waals surface area contributed by atoms with E-state index in [1.807, 2.05) is 25.1 Å². The Balaban J connectivity index is 2.38. The molecule has 0 aliphatic rings. The first kappa shape index (κ1) is 14.6. The van der Waals surface area contributed by atoms with Crippen molar-refractivity contribution in [3.63, 3.8) is 0 Å². The van der Waals surface area contributed by atoms with Crippen LogP contribution in [-0.4, -0.2) is 31.3 Å². The smallest absolute Gasteiger partial charge is 0.310 e. The molecule has 0 saturated heterocycles. The van der Waals surface area contributed by atoms with Gasteiger partial charge in [-0.05, 0) is 42.8 Å². The van der Waals surface area contributed by atoms with Crippen molar-refractivity contribution in [2.45, 2.75) is 27.3 Å². The van der Waals surface area contributed by atoms with Gasteiger partial charge in [0.2, 0.25) is 0 Å². The largest absolute Gasteiger partial charge is 0.481 e. The van der Waals surface area contributed by atoms with Crippen molar-refractivity contribution < 1.29 is 9.90 Å². The molecule has 2 rings (SSSR count). The quantitative estimate of drug-likeness (QED) is 0.926. The molecule has 7 heteroatoms. The standard InChI is InChI=1S/C13H15BrN4O2/c1-8-4-5-9(6-10(8)14)11-15-16-17-18(11)7-13(2,3)12(19)20/h4-6H,7H2,1-3H3,(H,19,20). The van der Waals surface area contributed by atoms with Crippen LogP contribution >= 0.6 is 15.9 Å². The van der Waals surface area contributed by atoms with Crippen LogP contribution in [0, 0.1) is 12.3 Å². The fourth-order valence-electron chi connectivity index (χ4n) is 1.69. The first-order valence-corrected chi connectivity index (χ1v) is 6.86. The van der Waals surface area contributed by atoms with Gasteiger partial charge in [0.25, 0.3) is 0 Å². The van der Waals surface area contributed by atoms with Gasteiger partial charge in [0.15, 0.2) is 5.82 Å². The molecule has 1 aromatic heterocycles. The fraction of sp³-hybridized carbons (Fsp3) is 0.385. The molecule has 2 aromatic rings. The van der Waals surface area contributed by atoms with Gasteiger partial charge in [-0.25, -0.2) is 4.68 Å². The molecule has 0 atom stereocenters. The van der Waals surface area contributed by atoms with Gasteiger partial charge in [-0.15, -0.1) is 5.10 Å². The average molecular weight is 339 g/mol. The number of aryl methyl sites for hydroxylation is 1. The summed E-state index contributed by atoms with van der Waals surface area (Å²) in [5.74, 6) is -0.330. The van der Waals surface area contributed by atoms with Crippen LogP contribution in [0.5, 0.6) is 0 Å². The van der Waals surface area contributed by atoms with Gasteiger partial charge < -0.3 is 5.11 Å². The van der Waals surface area contributed by atoms with E-state index in [4.69, 9.17) is 0 Å². The number of aromatic nitrogens is 4. The van der Waals surface area contributed by atoms with Gasteiger partial charge in [-0.3, -0.25) is 4.79 Å². The molecule has 0 saturated carbocycles. The predicted molar refractivity (Wildman–Crippen MR) is 77.1 cm³/mol. The van der Waals surface area contributed by atoms with Gasteiger partial charge >= 0.3 is 5.97 Å². The Morgan fingerprint density at radius 1 is 1.45 bits per heavy atom. The summed E-state index contributed by atoms with van der Waals surface area (Å²) in [4.78, 5) is 11.2. The van der Waals surface area contributed by atoms with Crippen LogP contribution in [0.3, 0.4) is 0 Å². The average Bonchev–Trinajstić information content (AvgIpc) is 2.80. The summed E-state index contributed by atoms with van der Waals surface area (Å²) >= 11 is 3.47. The molecule has 0 fully saturated rings. The maximum absolute atomic E-state index is 11.2. The number of hydrogen-bond acceptors (Lipinski definition) is 4. The van der Waals surface area contributed by atoms with Crippen LogP contribution in [-0.2, 0) is 11.3 Å². The number of hydrogen-bond donors (Lipinski definition) is 1. The summed E-state index contributed by atoms with van der Waals surface area (Å²) in [5.41, 5.74) is 1.01. The van der Waals surface area contributed by atoms with E-state index >= 15 is 0 Å². The highest BCUT2D eigenvalue weighted by Gasteiger charge is 2.29. The van der Waals surface area contributed by atoms with E-state index in [0.717, 1.165) is 15.6 Å². The van der Waals surface area contributed by atoms with E-state index in [1.54, 1.807) is 13.8 Å². The maximum Gasteiger partial charge on any atom is 0.310 e. The van der Waals surface area contributed by atoms with Crippen LogP contribution in [0.2, 0.25) is 0 Å². The zero-order valence-corrected chi connectivity index (χ0v) is 13.0. The number of carbonyl (C=O) groups is 1. The molecule has 6 nitrogen and oxygen atoms in total. The van der Waals surface area contributed by atoms with E-state index in [1.165, 1.54) is 4.68 Å². The van der Waals surface area contributed by atoms with E-state index in [2.05, 4.69) is 31.5 Å². The highest BCUT2D eigenvalue weighted by atomic mass is 79.9. The van der Waals surface area contributed by atoms with Gasteiger partial charge in [-0.1, -0.05) is 28.1 Å². The molecular formula is C13H15BrN4O2. The van der Waals surface area contributed by atoms with E-state index < -0.39 is 11.4 Å². The minimum atomic E-state index is -0.938. The zero-order chi connectivity index (χ0) is 14.9. The SMILES string of the molecule is Cc1ccc(-c2nnnn2CC(C)(C)C(=O)O)cc1Br. The van der Waals surface area contributed by atoms with Gasteiger partial charge in [0.05, 0.1) is 12.0 Å². The number of carboxylic acids is 1. The molecule has 0 spiro atoms. The van der Waals surface area contributed by atoms with Crippen molar-refractivity contribution in [1.82, 2.24) is 20.2 Å². The first-order valence-electron chi connectivity index (χ1n) is 6.07. The summed E-state index contributed by atoms with van der Waals surface area (Å²) in [6, 6.07) is 5.79. The third-order valence-electron chi connectivity index (χ3n) is 3.09. The van der Waals surface area contributed by atoms with Crippen LogP contribution in [0.25, 0.3) is 11.4 Å². The third kappa shape index (κ3) is 2.87. The molecule has 0 bridgehead atoms. The minimum Gasteiger partial charge on any atom is -0.481 e. The van der Waals surface area contributed by atoms with E-state index in [0.29, 0.717) is 5.82 Å². The predicted octanol–water partition coefficient (Wildman–Crippen LogP) is 2.52. The molecule has 0 aliphatic heterocycles. The Bertz CT molecular complexity index is 652. The van der Waals surface area contributed by atoms with Crippen molar-refractivity contribution in [3.05, 3.63) is 28.2 Å². The topological polar surface area (TPSA) is 80.9 Å². The van der Waals surface area contributed by atoms with Crippen LogP contribution in [0.15, 0.2) is 22.7 Å². The summed E-state index contributed by atoms with van der Waals surface area (Å²) in [6.45, 7) is 5.48. The lowest BCUT2D eigenvalue weighted by molar-refractivity contribution is -0.147. The maximum atomic E-state index is 11.2. The highest BCUT2D eigenvalue weighted by molar-refractivity contribution is 9.10. The second-order valence-corrected chi connectivity index (χ2v) is 6.17. The summed E-state index contributed by atoms with van der Waals surface area (Å²) < 4.78 is 2.48. The molecule has 0 aliphatic carbocycles. The molecule has 106 valence electrons. The highest BCUT2D eigenvalue weighted by Crippen LogP contribution is 2.26. The Hall–Kier alpha value is -1.76. The molecule has 20 heavy (non-hydrogen) atoms. The van der Waals surface area contributed by atoms with Gasteiger partial charge in [-0.2, -0.15) is 0 Å². The zero-order valence-electron chi connectivity index (χ0n) is 11.5. The lowest BCUT2D eigenvalue weighted by Crippen LogP contribution is -2.30. The van der Waals surface area contributed by atoms with Gasteiger partial charge in [0.1, 0.15) is 0 Å². The molecule has 1 heterocycles. The summed E-state index contributed by atoms with van der Waals surface area (Å²) in [7, 11) is 0. The number of halogens is 1. The Kier molecular flexibility index (Phi) is 3.89. The first-order chi connectivity index (χ1) is 9.31. The number of carboxylic acid groups (broad SMARTS) is 1. The summed E-state index contributed by atoms with van der Waals surface area (Å²) in [6.07, 6.45) is 0. The fourth-order valence-corrected chi connectivity index (χ4v) is 2.07. The van der Waals surface area contributed by atoms with E-state index in [-0.39, 0.29) is 6.54 Å². The Morgan fingerprint density at radius 2 is 2.15 bits per heavy atom. The van der Waals surface area contributed by atoms with Crippen molar-refractivity contribution in [2.75, 3.05) is 0 Å². The molecule has 0 unspecified atom stereocenters.